The minimum absolute atomic E-state index is 0.137. The average molecular weight is 253 g/mol. The fraction of sp³-hybridized carbons (Fsp3) is 0.222. The molecule has 0 spiro atoms. The van der Waals surface area contributed by atoms with Crippen molar-refractivity contribution < 1.29 is 4.79 Å². The molecule has 0 saturated heterocycles. The van der Waals surface area contributed by atoms with E-state index < -0.39 is 0 Å². The summed E-state index contributed by atoms with van der Waals surface area (Å²) in [7, 11) is 0. The van der Waals surface area contributed by atoms with Crippen molar-refractivity contribution in [2.24, 2.45) is 0 Å². The number of nitrogens with zero attached hydrogens (tertiary/aromatic N) is 5. The van der Waals surface area contributed by atoms with Gasteiger partial charge in [-0.25, -0.2) is 9.97 Å². The molecule has 2 heterocycles. The molecule has 8 heteroatoms. The SMILES string of the molecule is O=Cc1c(Cl)ncnc1NCCn1ccnn1. The van der Waals surface area contributed by atoms with Gasteiger partial charge in [0.05, 0.1) is 18.3 Å². The van der Waals surface area contributed by atoms with Crippen LogP contribution in [0, 0.1) is 0 Å². The summed E-state index contributed by atoms with van der Waals surface area (Å²) in [5.74, 6) is 0.417. The molecule has 2 rings (SSSR count). The Hall–Kier alpha value is -2.02. The first-order valence-corrected chi connectivity index (χ1v) is 5.22. The van der Waals surface area contributed by atoms with Crippen LogP contribution >= 0.6 is 11.6 Å². The quantitative estimate of drug-likeness (QED) is 0.621. The van der Waals surface area contributed by atoms with Gasteiger partial charge in [-0.2, -0.15) is 0 Å². The van der Waals surface area contributed by atoms with Gasteiger partial charge in [0.15, 0.2) is 6.29 Å². The fourth-order valence-corrected chi connectivity index (χ4v) is 1.44. The van der Waals surface area contributed by atoms with E-state index in [1.807, 2.05) is 0 Å². The summed E-state index contributed by atoms with van der Waals surface area (Å²) in [6.45, 7) is 1.16. The molecule has 0 radical (unpaired) electrons. The average Bonchev–Trinajstić information content (AvgIpc) is 2.82. The van der Waals surface area contributed by atoms with E-state index in [9.17, 15) is 4.79 Å². The van der Waals surface area contributed by atoms with E-state index in [0.717, 1.165) is 0 Å². The molecular formula is C9H9ClN6O. The zero-order valence-electron chi connectivity index (χ0n) is 8.75. The Labute approximate surface area is 102 Å². The molecular weight excluding hydrogens is 244 g/mol. The summed E-state index contributed by atoms with van der Waals surface area (Å²) in [5.41, 5.74) is 0.257. The third-order valence-electron chi connectivity index (χ3n) is 2.06. The molecule has 0 bridgehead atoms. The molecule has 1 N–H and O–H groups in total. The van der Waals surface area contributed by atoms with Crippen molar-refractivity contribution in [3.63, 3.8) is 0 Å². The van der Waals surface area contributed by atoms with Crippen molar-refractivity contribution in [3.05, 3.63) is 29.4 Å². The Bertz CT molecular complexity index is 500. The molecule has 7 nitrogen and oxygen atoms in total. The van der Waals surface area contributed by atoms with Crippen molar-refractivity contribution in [2.75, 3.05) is 11.9 Å². The monoisotopic (exact) mass is 252 g/mol. The number of rotatable bonds is 5. The summed E-state index contributed by atoms with van der Waals surface area (Å²) >= 11 is 5.76. The maximum atomic E-state index is 10.8. The molecule has 0 aliphatic rings. The number of aldehydes is 1. The minimum Gasteiger partial charge on any atom is -0.367 e. The summed E-state index contributed by atoms with van der Waals surface area (Å²) < 4.78 is 1.66. The van der Waals surface area contributed by atoms with Gasteiger partial charge in [0.1, 0.15) is 17.3 Å². The van der Waals surface area contributed by atoms with Crippen molar-refractivity contribution in [2.45, 2.75) is 6.54 Å². The maximum absolute atomic E-state index is 10.8. The van der Waals surface area contributed by atoms with Gasteiger partial charge in [0.25, 0.3) is 0 Å². The summed E-state index contributed by atoms with van der Waals surface area (Å²) in [6.07, 6.45) is 5.26. The van der Waals surface area contributed by atoms with Gasteiger partial charge in [0, 0.05) is 12.7 Å². The van der Waals surface area contributed by atoms with Crippen LogP contribution in [0.2, 0.25) is 5.15 Å². The van der Waals surface area contributed by atoms with Crippen LogP contribution in [0.15, 0.2) is 18.7 Å². The predicted octanol–water partition coefficient (Wildman–Crippen LogP) is 0.646. The molecule has 0 aliphatic carbocycles. The van der Waals surface area contributed by atoms with E-state index in [-0.39, 0.29) is 10.7 Å². The molecule has 0 fully saturated rings. The van der Waals surface area contributed by atoms with Crippen molar-refractivity contribution in [3.8, 4) is 0 Å². The summed E-state index contributed by atoms with van der Waals surface area (Å²) in [5, 5.41) is 10.6. The lowest BCUT2D eigenvalue weighted by Crippen LogP contribution is -2.13. The molecule has 0 atom stereocenters. The number of nitrogens with one attached hydrogen (secondary N) is 1. The van der Waals surface area contributed by atoms with E-state index in [4.69, 9.17) is 11.6 Å². The second-order valence-electron chi connectivity index (χ2n) is 3.14. The molecule has 2 aromatic rings. The van der Waals surface area contributed by atoms with Crippen molar-refractivity contribution in [1.29, 1.82) is 0 Å². The van der Waals surface area contributed by atoms with Gasteiger partial charge in [0.2, 0.25) is 0 Å². The van der Waals surface area contributed by atoms with Crippen LogP contribution in [0.1, 0.15) is 10.4 Å². The first kappa shape index (κ1) is 11.5. The smallest absolute Gasteiger partial charge is 0.156 e. The fourth-order valence-electron chi connectivity index (χ4n) is 1.26. The highest BCUT2D eigenvalue weighted by Gasteiger charge is 2.07. The normalized spacial score (nSPS) is 10.2. The van der Waals surface area contributed by atoms with Crippen LogP contribution in [0.5, 0.6) is 0 Å². The highest BCUT2D eigenvalue weighted by atomic mass is 35.5. The zero-order valence-corrected chi connectivity index (χ0v) is 9.50. The summed E-state index contributed by atoms with van der Waals surface area (Å²) in [6, 6.07) is 0. The lowest BCUT2D eigenvalue weighted by molar-refractivity contribution is 0.112. The lowest BCUT2D eigenvalue weighted by atomic mass is 10.3. The number of carbonyl (C=O) groups excluding carboxylic acids is 1. The highest BCUT2D eigenvalue weighted by Crippen LogP contribution is 2.16. The Morgan fingerprint density at radius 3 is 3.06 bits per heavy atom. The van der Waals surface area contributed by atoms with Crippen LogP contribution in [-0.2, 0) is 6.54 Å². The van der Waals surface area contributed by atoms with Crippen LogP contribution in [0.4, 0.5) is 5.82 Å². The first-order chi connectivity index (χ1) is 8.31. The Kier molecular flexibility index (Phi) is 3.61. The van der Waals surface area contributed by atoms with Crippen LogP contribution < -0.4 is 5.32 Å². The minimum atomic E-state index is 0.137. The molecule has 0 aliphatic heterocycles. The van der Waals surface area contributed by atoms with E-state index in [1.54, 1.807) is 17.1 Å². The standard InChI is InChI=1S/C9H9ClN6O/c10-8-7(5-17)9(13-6-12-8)11-1-3-16-4-2-14-15-16/h2,4-6H,1,3H2,(H,11,12,13). The van der Waals surface area contributed by atoms with E-state index in [2.05, 4.69) is 25.6 Å². The maximum Gasteiger partial charge on any atom is 0.156 e. The number of carbonyl (C=O) groups is 1. The van der Waals surface area contributed by atoms with E-state index in [0.29, 0.717) is 25.2 Å². The first-order valence-electron chi connectivity index (χ1n) is 4.85. The molecule has 17 heavy (non-hydrogen) atoms. The molecule has 88 valence electrons. The van der Waals surface area contributed by atoms with Crippen LogP contribution in [0.25, 0.3) is 0 Å². The lowest BCUT2D eigenvalue weighted by Gasteiger charge is -2.07. The van der Waals surface area contributed by atoms with Crippen LogP contribution in [-0.4, -0.2) is 37.8 Å². The van der Waals surface area contributed by atoms with Gasteiger partial charge in [-0.3, -0.25) is 9.48 Å². The Morgan fingerprint density at radius 1 is 1.47 bits per heavy atom. The molecule has 0 unspecified atom stereocenters. The Morgan fingerprint density at radius 2 is 2.35 bits per heavy atom. The largest absolute Gasteiger partial charge is 0.367 e. The number of hydrogen-bond donors (Lipinski definition) is 1. The highest BCUT2D eigenvalue weighted by molar-refractivity contribution is 6.32. The van der Waals surface area contributed by atoms with E-state index >= 15 is 0 Å². The number of hydrogen-bond acceptors (Lipinski definition) is 6. The van der Waals surface area contributed by atoms with Gasteiger partial charge in [-0.05, 0) is 0 Å². The summed E-state index contributed by atoms with van der Waals surface area (Å²) in [4.78, 5) is 18.5. The van der Waals surface area contributed by atoms with Gasteiger partial charge < -0.3 is 5.32 Å². The number of anilines is 1. The topological polar surface area (TPSA) is 85.6 Å². The van der Waals surface area contributed by atoms with Gasteiger partial charge in [-0.15, -0.1) is 5.10 Å². The molecule has 0 aromatic carbocycles. The number of aromatic nitrogens is 5. The van der Waals surface area contributed by atoms with Gasteiger partial charge in [-0.1, -0.05) is 16.8 Å². The zero-order chi connectivity index (χ0) is 12.1. The third kappa shape index (κ3) is 2.76. The Balaban J connectivity index is 1.99. The molecule has 2 aromatic heterocycles. The number of halogens is 1. The van der Waals surface area contributed by atoms with Gasteiger partial charge >= 0.3 is 0 Å². The predicted molar refractivity (Wildman–Crippen MR) is 60.9 cm³/mol. The second-order valence-corrected chi connectivity index (χ2v) is 3.50. The molecule has 0 saturated carbocycles. The molecule has 0 amide bonds. The van der Waals surface area contributed by atoms with E-state index in [1.165, 1.54) is 6.33 Å². The second kappa shape index (κ2) is 5.35. The third-order valence-corrected chi connectivity index (χ3v) is 2.36. The van der Waals surface area contributed by atoms with Crippen molar-refractivity contribution >= 4 is 23.7 Å². The van der Waals surface area contributed by atoms with Crippen LogP contribution in [0.3, 0.4) is 0 Å². The van der Waals surface area contributed by atoms with Crippen molar-refractivity contribution in [1.82, 2.24) is 25.0 Å².